The third kappa shape index (κ3) is 5.88. The Labute approximate surface area is 98.8 Å². The predicted molar refractivity (Wildman–Crippen MR) is 68.6 cm³/mol. The van der Waals surface area contributed by atoms with Gasteiger partial charge in [-0.25, -0.2) is 0 Å². The first-order chi connectivity index (χ1) is 7.47. The molecule has 0 aliphatic heterocycles. The van der Waals surface area contributed by atoms with Crippen molar-refractivity contribution >= 4 is 8.07 Å². The van der Waals surface area contributed by atoms with Crippen molar-refractivity contribution in [3.05, 3.63) is 24.0 Å². The highest BCUT2D eigenvalue weighted by Gasteiger charge is 2.11. The second-order valence-electron chi connectivity index (χ2n) is 5.12. The van der Waals surface area contributed by atoms with Gasteiger partial charge in [-0.05, 0) is 25.1 Å². The Kier molecular flexibility index (Phi) is 4.95. The monoisotopic (exact) mass is 239 g/mol. The van der Waals surface area contributed by atoms with Gasteiger partial charge in [-0.2, -0.15) is 0 Å². The van der Waals surface area contributed by atoms with Crippen molar-refractivity contribution in [2.75, 3.05) is 13.4 Å². The summed E-state index contributed by atoms with van der Waals surface area (Å²) in [6.07, 6.45) is 1.72. The van der Waals surface area contributed by atoms with Crippen LogP contribution in [0.4, 0.5) is 0 Å². The number of hydrogen-bond donors (Lipinski definition) is 0. The van der Waals surface area contributed by atoms with Crippen LogP contribution in [-0.4, -0.2) is 26.5 Å². The smallest absolute Gasteiger partial charge is 0.189 e. The van der Waals surface area contributed by atoms with Crippen molar-refractivity contribution in [2.45, 2.75) is 32.6 Å². The first kappa shape index (κ1) is 13.2. The lowest BCUT2D eigenvalue weighted by Gasteiger charge is -2.15. The predicted octanol–water partition coefficient (Wildman–Crippen LogP) is 3.08. The lowest BCUT2D eigenvalue weighted by molar-refractivity contribution is 0.0218. The van der Waals surface area contributed by atoms with Crippen LogP contribution in [0.2, 0.25) is 25.7 Å². The summed E-state index contributed by atoms with van der Waals surface area (Å²) in [7, 11) is -0.987. The molecule has 0 aliphatic carbocycles. The van der Waals surface area contributed by atoms with Gasteiger partial charge in [0.25, 0.3) is 0 Å². The Hall–Kier alpha value is -0.873. The molecule has 0 aliphatic rings. The molecule has 1 rings (SSSR count). The molecule has 0 radical (unpaired) electrons. The highest BCUT2D eigenvalue weighted by atomic mass is 28.3. The highest BCUT2D eigenvalue weighted by Crippen LogP contribution is 2.10. The fourth-order valence-electron chi connectivity index (χ4n) is 1.09. The molecule has 0 spiro atoms. The van der Waals surface area contributed by atoms with Gasteiger partial charge in [0.1, 0.15) is 5.75 Å². The Morgan fingerprint density at radius 3 is 2.56 bits per heavy atom. The van der Waals surface area contributed by atoms with E-state index < -0.39 is 8.07 Å². The van der Waals surface area contributed by atoms with E-state index in [4.69, 9.17) is 9.47 Å². The molecule has 16 heavy (non-hydrogen) atoms. The van der Waals surface area contributed by atoms with E-state index >= 15 is 0 Å². The molecule has 3 nitrogen and oxygen atoms in total. The normalized spacial score (nSPS) is 11.5. The molecule has 0 saturated heterocycles. The minimum absolute atomic E-state index is 0.315. The van der Waals surface area contributed by atoms with E-state index in [0.29, 0.717) is 6.79 Å². The molecule has 0 bridgehead atoms. The molecule has 4 heteroatoms. The van der Waals surface area contributed by atoms with Gasteiger partial charge >= 0.3 is 0 Å². The average molecular weight is 239 g/mol. The zero-order valence-corrected chi connectivity index (χ0v) is 11.6. The van der Waals surface area contributed by atoms with E-state index in [1.165, 1.54) is 6.04 Å². The van der Waals surface area contributed by atoms with Crippen molar-refractivity contribution in [2.24, 2.45) is 0 Å². The Bertz CT molecular complexity index is 306. The van der Waals surface area contributed by atoms with Crippen LogP contribution >= 0.6 is 0 Å². The van der Waals surface area contributed by atoms with Crippen molar-refractivity contribution in [3.63, 3.8) is 0 Å². The minimum atomic E-state index is -0.987. The summed E-state index contributed by atoms with van der Waals surface area (Å²) < 4.78 is 10.8. The number of aromatic nitrogens is 1. The lowest BCUT2D eigenvalue weighted by Crippen LogP contribution is -2.22. The van der Waals surface area contributed by atoms with E-state index in [9.17, 15) is 0 Å². The molecule has 1 aromatic heterocycles. The maximum Gasteiger partial charge on any atom is 0.189 e. The second kappa shape index (κ2) is 6.01. The maximum atomic E-state index is 5.43. The van der Waals surface area contributed by atoms with Crippen LogP contribution in [0.5, 0.6) is 5.75 Å². The molecule has 0 N–H and O–H groups in total. The Balaban J connectivity index is 2.14. The van der Waals surface area contributed by atoms with Crippen molar-refractivity contribution in [3.8, 4) is 5.75 Å². The summed E-state index contributed by atoms with van der Waals surface area (Å²) in [6, 6.07) is 5.00. The van der Waals surface area contributed by atoms with Crippen molar-refractivity contribution < 1.29 is 9.47 Å². The molecule has 0 saturated carbocycles. The largest absolute Gasteiger partial charge is 0.466 e. The van der Waals surface area contributed by atoms with E-state index in [1.54, 1.807) is 6.20 Å². The standard InChI is InChI=1S/C12H21NO2Si/c1-11-5-6-12(9-13-11)15-10-14-7-8-16(2,3)4/h5-6,9H,7-8,10H2,1-4H3. The topological polar surface area (TPSA) is 31.4 Å². The van der Waals surface area contributed by atoms with E-state index in [2.05, 4.69) is 24.6 Å². The summed E-state index contributed by atoms with van der Waals surface area (Å²) in [6.45, 7) is 10.1. The van der Waals surface area contributed by atoms with Gasteiger partial charge in [0.05, 0.1) is 6.20 Å². The van der Waals surface area contributed by atoms with Gasteiger partial charge in [0, 0.05) is 20.4 Å². The number of hydrogen-bond acceptors (Lipinski definition) is 3. The zero-order chi connectivity index (χ0) is 12.0. The first-order valence-corrected chi connectivity index (χ1v) is 9.31. The van der Waals surface area contributed by atoms with Gasteiger partial charge in [-0.1, -0.05) is 19.6 Å². The molecule has 0 atom stereocenters. The molecule has 1 aromatic rings. The van der Waals surface area contributed by atoms with Crippen LogP contribution < -0.4 is 4.74 Å². The second-order valence-corrected chi connectivity index (χ2v) is 10.7. The Morgan fingerprint density at radius 2 is 2.00 bits per heavy atom. The number of ether oxygens (including phenoxy) is 2. The van der Waals surface area contributed by atoms with Gasteiger partial charge in [0.2, 0.25) is 0 Å². The van der Waals surface area contributed by atoms with Crippen LogP contribution in [0, 0.1) is 6.92 Å². The Morgan fingerprint density at radius 1 is 1.25 bits per heavy atom. The maximum absolute atomic E-state index is 5.43. The minimum Gasteiger partial charge on any atom is -0.466 e. The van der Waals surface area contributed by atoms with Gasteiger partial charge in [-0.3, -0.25) is 4.98 Å². The molecule has 0 amide bonds. The number of rotatable bonds is 6. The third-order valence-electron chi connectivity index (χ3n) is 2.19. The van der Waals surface area contributed by atoms with Crippen LogP contribution in [0.1, 0.15) is 5.69 Å². The van der Waals surface area contributed by atoms with Crippen molar-refractivity contribution in [1.29, 1.82) is 0 Å². The summed E-state index contributed by atoms with van der Waals surface area (Å²) in [4.78, 5) is 4.14. The summed E-state index contributed by atoms with van der Waals surface area (Å²) in [5.41, 5.74) is 0.993. The molecule has 1 heterocycles. The fourth-order valence-corrected chi connectivity index (χ4v) is 1.84. The van der Waals surface area contributed by atoms with Gasteiger partial charge < -0.3 is 9.47 Å². The van der Waals surface area contributed by atoms with E-state index in [-0.39, 0.29) is 0 Å². The zero-order valence-electron chi connectivity index (χ0n) is 10.6. The van der Waals surface area contributed by atoms with Gasteiger partial charge in [0.15, 0.2) is 6.79 Å². The summed E-state index contributed by atoms with van der Waals surface area (Å²) in [5.74, 6) is 0.763. The van der Waals surface area contributed by atoms with Crippen LogP contribution in [0.15, 0.2) is 18.3 Å². The summed E-state index contributed by atoms with van der Waals surface area (Å²) in [5, 5.41) is 0. The van der Waals surface area contributed by atoms with E-state index in [0.717, 1.165) is 18.1 Å². The third-order valence-corrected chi connectivity index (χ3v) is 3.89. The number of aryl methyl sites for hydroxylation is 1. The highest BCUT2D eigenvalue weighted by molar-refractivity contribution is 6.76. The molecular formula is C12H21NO2Si. The summed E-state index contributed by atoms with van der Waals surface area (Å²) >= 11 is 0. The number of nitrogens with zero attached hydrogens (tertiary/aromatic N) is 1. The quantitative estimate of drug-likeness (QED) is 0.434. The average Bonchev–Trinajstić information content (AvgIpc) is 2.19. The fraction of sp³-hybridized carbons (Fsp3) is 0.583. The first-order valence-electron chi connectivity index (χ1n) is 5.60. The van der Waals surface area contributed by atoms with E-state index in [1.807, 2.05) is 19.1 Å². The molecule has 0 unspecified atom stereocenters. The SMILES string of the molecule is Cc1ccc(OCOCC[Si](C)(C)C)cn1. The van der Waals surface area contributed by atoms with Crippen LogP contribution in [0.3, 0.4) is 0 Å². The molecule has 0 fully saturated rings. The molecule has 0 aromatic carbocycles. The van der Waals surface area contributed by atoms with Gasteiger partial charge in [-0.15, -0.1) is 0 Å². The lowest BCUT2D eigenvalue weighted by atomic mass is 10.4. The van der Waals surface area contributed by atoms with Crippen LogP contribution in [-0.2, 0) is 4.74 Å². The number of pyridine rings is 1. The molecular weight excluding hydrogens is 218 g/mol. The van der Waals surface area contributed by atoms with Crippen LogP contribution in [0.25, 0.3) is 0 Å². The van der Waals surface area contributed by atoms with Crippen molar-refractivity contribution in [1.82, 2.24) is 4.98 Å². The molecule has 90 valence electrons.